The van der Waals surface area contributed by atoms with E-state index >= 15 is 0 Å². The molecule has 4 rings (SSSR count). The van der Waals surface area contributed by atoms with Crippen molar-refractivity contribution in [3.63, 3.8) is 0 Å². The third-order valence-corrected chi connectivity index (χ3v) is 9.37. The van der Waals surface area contributed by atoms with Crippen molar-refractivity contribution in [3.05, 3.63) is 132 Å². The molecule has 4 nitrogen and oxygen atoms in total. The molecule has 0 heterocycles. The number of aromatic hydroxyl groups is 4. The molecule has 0 unspecified atom stereocenters. The fraction of sp³-hybridized carbons (Fsp3) is 0.480. The first kappa shape index (κ1) is 64.1. The summed E-state index contributed by atoms with van der Waals surface area (Å²) < 4.78 is 0. The van der Waals surface area contributed by atoms with E-state index in [2.05, 4.69) is 111 Å². The van der Waals surface area contributed by atoms with Crippen LogP contribution in [0.5, 0.6) is 23.0 Å². The van der Waals surface area contributed by atoms with Gasteiger partial charge in [0.1, 0.15) is 23.0 Å². The van der Waals surface area contributed by atoms with Gasteiger partial charge < -0.3 is 35.3 Å². The van der Waals surface area contributed by atoms with Crippen LogP contribution in [0.1, 0.15) is 203 Å². The van der Waals surface area contributed by atoms with Gasteiger partial charge in [-0.25, -0.2) is 0 Å². The number of hydrogen-bond acceptors (Lipinski definition) is 4. The monoisotopic (exact) mass is 934 g/mol. The van der Waals surface area contributed by atoms with Crippen molar-refractivity contribution in [1.29, 1.82) is 0 Å². The molecule has 0 atom stereocenters. The molecule has 0 fully saturated rings. The molecule has 0 saturated heterocycles. The molecule has 0 aliphatic heterocycles. The Hall–Kier alpha value is -2.05. The maximum absolute atomic E-state index is 9.93. The summed E-state index contributed by atoms with van der Waals surface area (Å²) in [6.07, 6.45) is 0. The van der Waals surface area contributed by atoms with Crippen LogP contribution in [0.15, 0.2) is 72.8 Å². The topological polar surface area (TPSA) is 80.9 Å². The zero-order chi connectivity index (χ0) is 40.0. The molecule has 7 heteroatoms. The Bertz CT molecular complexity index is 1310. The second-order valence-electron chi connectivity index (χ2n) is 16.4. The molecule has 310 valence electrons. The summed E-state index contributed by atoms with van der Waals surface area (Å²) in [4.78, 5) is 0. The number of benzene rings is 4. The van der Waals surface area contributed by atoms with E-state index in [0.717, 1.165) is 44.5 Å². The Morgan fingerprint density at radius 1 is 0.246 bits per heavy atom. The van der Waals surface area contributed by atoms with Gasteiger partial charge in [-0.1, -0.05) is 184 Å². The second kappa shape index (κ2) is 30.9. The summed E-state index contributed by atoms with van der Waals surface area (Å²) in [5.74, 6) is 5.02. The van der Waals surface area contributed by atoms with E-state index in [-0.39, 0.29) is 73.3 Å². The molecule has 57 heavy (non-hydrogen) atoms. The first-order chi connectivity index (χ1) is 24.1. The van der Waals surface area contributed by atoms with Crippen molar-refractivity contribution in [3.8, 4) is 23.0 Å². The standard InChI is InChI=1S/4C12H18O.2CH3.3Zn/c4*1-8(2)10-6-5-7-11(9(3)4)12(10)13;;;;;/h4*5-9,13H,1-4H3;2*1H3;;;/q;;;;2*-1;;;. The number of hydrogen-bond donors (Lipinski definition) is 4. The summed E-state index contributed by atoms with van der Waals surface area (Å²) in [5, 5.41) is 39.7. The van der Waals surface area contributed by atoms with Gasteiger partial charge in [-0.3, -0.25) is 0 Å². The molecule has 4 aromatic rings. The summed E-state index contributed by atoms with van der Waals surface area (Å²) >= 11 is 0. The number of para-hydroxylation sites is 4. The quantitative estimate of drug-likeness (QED) is 0.105. The van der Waals surface area contributed by atoms with Crippen molar-refractivity contribution in [2.24, 2.45) is 0 Å². The zero-order valence-corrected chi connectivity index (χ0v) is 48.4. The van der Waals surface area contributed by atoms with E-state index in [4.69, 9.17) is 0 Å². The third-order valence-electron chi connectivity index (χ3n) is 9.37. The Morgan fingerprint density at radius 2 is 0.333 bits per heavy atom. The normalized spacial score (nSPS) is 10.2. The molecular formula is C50H78O4Zn3-2. The van der Waals surface area contributed by atoms with Crippen molar-refractivity contribution in [1.82, 2.24) is 0 Å². The minimum absolute atomic E-state index is 0. The number of phenols is 4. The van der Waals surface area contributed by atoms with Crippen LogP contribution in [0.3, 0.4) is 0 Å². The molecule has 0 aliphatic carbocycles. The number of rotatable bonds is 8. The summed E-state index contributed by atoms with van der Waals surface area (Å²) in [7, 11) is 0. The van der Waals surface area contributed by atoms with Crippen LogP contribution in [0.2, 0.25) is 0 Å². The van der Waals surface area contributed by atoms with E-state index in [1.807, 2.05) is 72.8 Å². The summed E-state index contributed by atoms with van der Waals surface area (Å²) in [6, 6.07) is 24.0. The van der Waals surface area contributed by atoms with Gasteiger partial charge in [0, 0.05) is 58.4 Å². The largest absolute Gasteiger partial charge is 0.507 e. The average Bonchev–Trinajstić information content (AvgIpc) is 3.05. The molecule has 0 spiro atoms. The minimum atomic E-state index is 0. The molecule has 0 aromatic heterocycles. The summed E-state index contributed by atoms with van der Waals surface area (Å²) in [5.41, 5.74) is 8.38. The van der Waals surface area contributed by atoms with Gasteiger partial charge in [0.25, 0.3) is 0 Å². The molecule has 4 aromatic carbocycles. The van der Waals surface area contributed by atoms with Crippen molar-refractivity contribution in [2.45, 2.75) is 158 Å². The molecular weight excluding hydrogens is 861 g/mol. The van der Waals surface area contributed by atoms with Gasteiger partial charge in [0.05, 0.1) is 0 Å². The van der Waals surface area contributed by atoms with E-state index in [0.29, 0.717) is 70.3 Å². The molecule has 4 N–H and O–H groups in total. The average molecular weight is 939 g/mol. The third kappa shape index (κ3) is 19.7. The fourth-order valence-electron chi connectivity index (χ4n) is 6.05. The van der Waals surface area contributed by atoms with Crippen molar-refractivity contribution >= 4 is 0 Å². The Kier molecular flexibility index (Phi) is 34.8. The van der Waals surface area contributed by atoms with Crippen LogP contribution < -0.4 is 0 Å². The predicted octanol–water partition coefficient (Wildman–Crippen LogP) is 15.4. The maximum atomic E-state index is 9.93. The van der Waals surface area contributed by atoms with Crippen LogP contribution in [0, 0.1) is 14.9 Å². The van der Waals surface area contributed by atoms with Gasteiger partial charge in [-0.15, -0.1) is 0 Å². The molecule has 0 bridgehead atoms. The van der Waals surface area contributed by atoms with Crippen molar-refractivity contribution < 1.29 is 78.9 Å². The van der Waals surface area contributed by atoms with Gasteiger partial charge in [0.2, 0.25) is 0 Å². The van der Waals surface area contributed by atoms with Crippen LogP contribution in [-0.2, 0) is 58.4 Å². The van der Waals surface area contributed by atoms with Crippen LogP contribution in [-0.4, -0.2) is 20.4 Å². The first-order valence-corrected chi connectivity index (χ1v) is 19.4. The Labute approximate surface area is 389 Å². The SMILES string of the molecule is CC(C)c1cccc(C(C)C)c1O.CC(C)c1cccc(C(C)C)c1O.CC(C)c1cccc(C(C)C)c1O.CC(C)c1cccc(C(C)C)c1O.[CH3-].[CH3-].[Zn].[Zn].[Zn]. The molecule has 0 saturated carbocycles. The predicted molar refractivity (Wildman–Crippen MR) is 238 cm³/mol. The van der Waals surface area contributed by atoms with Gasteiger partial charge in [0.15, 0.2) is 0 Å². The second-order valence-corrected chi connectivity index (χ2v) is 16.4. The Morgan fingerprint density at radius 3 is 0.404 bits per heavy atom. The molecule has 0 aliphatic rings. The summed E-state index contributed by atoms with van der Waals surface area (Å²) in [6.45, 7) is 33.5. The zero-order valence-electron chi connectivity index (χ0n) is 39.5. The van der Waals surface area contributed by atoms with Crippen LogP contribution in [0.4, 0.5) is 0 Å². The maximum Gasteiger partial charge on any atom is 0.122 e. The van der Waals surface area contributed by atoms with Crippen LogP contribution in [0.25, 0.3) is 0 Å². The smallest absolute Gasteiger partial charge is 0.122 e. The Balaban J connectivity index is -0.000000205. The van der Waals surface area contributed by atoms with Gasteiger partial charge in [-0.05, 0) is 91.9 Å². The first-order valence-electron chi connectivity index (χ1n) is 19.4. The fourth-order valence-corrected chi connectivity index (χ4v) is 6.05. The van der Waals surface area contributed by atoms with E-state index < -0.39 is 0 Å². The molecule has 0 amide bonds. The minimum Gasteiger partial charge on any atom is -0.507 e. The van der Waals surface area contributed by atoms with Crippen molar-refractivity contribution in [2.75, 3.05) is 0 Å². The van der Waals surface area contributed by atoms with E-state index in [1.165, 1.54) is 0 Å². The molecule has 0 radical (unpaired) electrons. The van der Waals surface area contributed by atoms with Gasteiger partial charge in [-0.2, -0.15) is 0 Å². The van der Waals surface area contributed by atoms with Crippen LogP contribution >= 0.6 is 0 Å². The van der Waals surface area contributed by atoms with E-state index in [9.17, 15) is 20.4 Å². The van der Waals surface area contributed by atoms with E-state index in [1.54, 1.807) is 0 Å². The number of phenolic OH excluding ortho intramolecular Hbond substituents is 4. The van der Waals surface area contributed by atoms with Gasteiger partial charge >= 0.3 is 0 Å².